The van der Waals surface area contributed by atoms with Gasteiger partial charge >= 0.3 is 12.1 Å². The first-order chi connectivity index (χ1) is 15.1. The van der Waals surface area contributed by atoms with Crippen molar-refractivity contribution in [2.75, 3.05) is 7.11 Å². The standard InChI is InChI=1S/C24H26N2O6/c1-24(2,3)32-23(30)26-14-16(18-7-5-6-8-20(18)26)13-19(22(29)31-4)25-21(28)15-9-11-17(27)12-10-15/h5-12,14,19,27H,13H2,1-4H3,(H,25,28)/t19-/m0/s1. The third kappa shape index (κ3) is 5.26. The van der Waals surface area contributed by atoms with E-state index in [1.165, 1.54) is 35.9 Å². The third-order valence-electron chi connectivity index (χ3n) is 4.73. The van der Waals surface area contributed by atoms with Gasteiger partial charge in [0.05, 0.1) is 12.6 Å². The highest BCUT2D eigenvalue weighted by molar-refractivity contribution is 5.97. The molecule has 1 aromatic heterocycles. The SMILES string of the molecule is COC(=O)[C@H](Cc1cn(C(=O)OC(C)(C)C)c2ccccc12)NC(=O)c1ccc(O)cc1. The molecular weight excluding hydrogens is 412 g/mol. The van der Waals surface area contributed by atoms with Crippen LogP contribution < -0.4 is 5.32 Å². The average Bonchev–Trinajstić information content (AvgIpc) is 3.10. The highest BCUT2D eigenvalue weighted by Gasteiger charge is 2.26. The molecule has 2 aromatic carbocycles. The number of amides is 1. The van der Waals surface area contributed by atoms with E-state index in [9.17, 15) is 19.5 Å². The molecule has 0 spiro atoms. The quantitative estimate of drug-likeness (QED) is 0.589. The molecule has 0 bridgehead atoms. The number of phenolic OH excluding ortho intramolecular Hbond substituents is 1. The number of aromatic nitrogens is 1. The Hall–Kier alpha value is -3.81. The maximum Gasteiger partial charge on any atom is 0.419 e. The zero-order chi connectivity index (χ0) is 23.5. The fourth-order valence-corrected chi connectivity index (χ4v) is 3.28. The first-order valence-corrected chi connectivity index (χ1v) is 10.1. The van der Waals surface area contributed by atoms with Crippen LogP contribution in [0.3, 0.4) is 0 Å². The number of aromatic hydroxyl groups is 1. The Labute approximate surface area is 185 Å². The number of rotatable bonds is 5. The predicted octanol–water partition coefficient (Wildman–Crippen LogP) is 3.64. The molecule has 8 nitrogen and oxygen atoms in total. The number of para-hydroxylation sites is 1. The molecule has 0 aliphatic carbocycles. The molecule has 2 N–H and O–H groups in total. The van der Waals surface area contributed by atoms with Crippen molar-refractivity contribution in [3.63, 3.8) is 0 Å². The molecule has 1 heterocycles. The molecule has 32 heavy (non-hydrogen) atoms. The van der Waals surface area contributed by atoms with E-state index in [0.717, 1.165) is 5.39 Å². The van der Waals surface area contributed by atoms with Crippen molar-refractivity contribution in [1.82, 2.24) is 9.88 Å². The van der Waals surface area contributed by atoms with Crippen LogP contribution in [0, 0.1) is 0 Å². The van der Waals surface area contributed by atoms with Gasteiger partial charge in [0, 0.05) is 23.6 Å². The number of ether oxygens (including phenoxy) is 2. The summed E-state index contributed by atoms with van der Waals surface area (Å²) in [6, 6.07) is 11.9. The lowest BCUT2D eigenvalue weighted by Crippen LogP contribution is -2.43. The van der Waals surface area contributed by atoms with Crippen LogP contribution in [0.1, 0.15) is 36.7 Å². The van der Waals surface area contributed by atoms with Crippen molar-refractivity contribution in [1.29, 1.82) is 0 Å². The van der Waals surface area contributed by atoms with Crippen molar-refractivity contribution < 1.29 is 29.0 Å². The van der Waals surface area contributed by atoms with Crippen LogP contribution in [-0.2, 0) is 20.7 Å². The van der Waals surface area contributed by atoms with E-state index in [4.69, 9.17) is 9.47 Å². The van der Waals surface area contributed by atoms with E-state index in [2.05, 4.69) is 5.32 Å². The first-order valence-electron chi connectivity index (χ1n) is 10.1. The Balaban J connectivity index is 1.92. The van der Waals surface area contributed by atoms with E-state index in [-0.39, 0.29) is 17.7 Å². The van der Waals surface area contributed by atoms with Crippen LogP contribution in [0.2, 0.25) is 0 Å². The van der Waals surface area contributed by atoms with Gasteiger partial charge in [0.1, 0.15) is 17.4 Å². The monoisotopic (exact) mass is 438 g/mol. The Morgan fingerprint density at radius 2 is 1.72 bits per heavy atom. The number of hydrogen-bond donors (Lipinski definition) is 2. The highest BCUT2D eigenvalue weighted by Crippen LogP contribution is 2.24. The van der Waals surface area contributed by atoms with E-state index >= 15 is 0 Å². The van der Waals surface area contributed by atoms with Gasteiger partial charge in [-0.25, -0.2) is 9.59 Å². The molecule has 8 heteroatoms. The summed E-state index contributed by atoms with van der Waals surface area (Å²) >= 11 is 0. The predicted molar refractivity (Wildman–Crippen MR) is 119 cm³/mol. The molecule has 0 saturated heterocycles. The lowest BCUT2D eigenvalue weighted by molar-refractivity contribution is -0.142. The van der Waals surface area contributed by atoms with Gasteiger partial charge in [0.2, 0.25) is 0 Å². The normalized spacial score (nSPS) is 12.2. The Morgan fingerprint density at radius 3 is 2.34 bits per heavy atom. The lowest BCUT2D eigenvalue weighted by Gasteiger charge is -2.19. The molecule has 0 aliphatic heterocycles. The van der Waals surface area contributed by atoms with Crippen molar-refractivity contribution >= 4 is 28.9 Å². The van der Waals surface area contributed by atoms with Gasteiger partial charge in [-0.1, -0.05) is 18.2 Å². The van der Waals surface area contributed by atoms with Crippen LogP contribution in [0.15, 0.2) is 54.7 Å². The van der Waals surface area contributed by atoms with Crippen LogP contribution in [0.5, 0.6) is 5.75 Å². The lowest BCUT2D eigenvalue weighted by atomic mass is 10.0. The van der Waals surface area contributed by atoms with Crippen LogP contribution in [-0.4, -0.2) is 46.4 Å². The summed E-state index contributed by atoms with van der Waals surface area (Å²) in [6.45, 7) is 5.34. The zero-order valence-corrected chi connectivity index (χ0v) is 18.4. The van der Waals surface area contributed by atoms with E-state index < -0.39 is 29.6 Å². The number of hydrogen-bond acceptors (Lipinski definition) is 6. The topological polar surface area (TPSA) is 107 Å². The van der Waals surface area contributed by atoms with Crippen LogP contribution in [0.4, 0.5) is 4.79 Å². The first kappa shape index (κ1) is 22.9. The van der Waals surface area contributed by atoms with Gasteiger partial charge in [-0.05, 0) is 56.7 Å². The van der Waals surface area contributed by atoms with E-state index in [1.54, 1.807) is 39.1 Å². The molecule has 1 amide bonds. The molecule has 3 aromatic rings. The van der Waals surface area contributed by atoms with Crippen LogP contribution in [0.25, 0.3) is 10.9 Å². The smallest absolute Gasteiger partial charge is 0.419 e. The average molecular weight is 438 g/mol. The molecule has 0 saturated carbocycles. The van der Waals surface area contributed by atoms with Gasteiger partial charge in [0.25, 0.3) is 5.91 Å². The van der Waals surface area contributed by atoms with Gasteiger partial charge in [0.15, 0.2) is 0 Å². The second-order valence-electron chi connectivity index (χ2n) is 8.32. The van der Waals surface area contributed by atoms with Gasteiger partial charge in [-0.2, -0.15) is 0 Å². The molecule has 0 unspecified atom stereocenters. The molecule has 1 atom stereocenters. The number of fused-ring (bicyclic) bond motifs is 1. The van der Waals surface area contributed by atoms with Crippen molar-refractivity contribution in [3.8, 4) is 5.75 Å². The van der Waals surface area contributed by atoms with Crippen molar-refractivity contribution in [3.05, 3.63) is 65.9 Å². The number of esters is 1. The number of carbonyl (C=O) groups is 3. The molecule has 0 fully saturated rings. The highest BCUT2D eigenvalue weighted by atomic mass is 16.6. The summed E-state index contributed by atoms with van der Waals surface area (Å²) in [4.78, 5) is 37.8. The van der Waals surface area contributed by atoms with Gasteiger partial charge < -0.3 is 19.9 Å². The summed E-state index contributed by atoms with van der Waals surface area (Å²) in [7, 11) is 1.24. The Bertz CT molecular complexity index is 1140. The minimum absolute atomic E-state index is 0.0287. The molecular formula is C24H26N2O6. The van der Waals surface area contributed by atoms with E-state index in [1.807, 2.05) is 12.1 Å². The van der Waals surface area contributed by atoms with E-state index in [0.29, 0.717) is 11.1 Å². The van der Waals surface area contributed by atoms with Crippen LogP contribution >= 0.6 is 0 Å². The number of carbonyl (C=O) groups excluding carboxylic acids is 3. The second kappa shape index (κ2) is 9.13. The summed E-state index contributed by atoms with van der Waals surface area (Å²) in [5.74, 6) is -1.08. The fraction of sp³-hybridized carbons (Fsp3) is 0.292. The number of nitrogens with one attached hydrogen (secondary N) is 1. The van der Waals surface area contributed by atoms with Crippen molar-refractivity contribution in [2.24, 2.45) is 0 Å². The number of phenols is 1. The number of benzene rings is 2. The zero-order valence-electron chi connectivity index (χ0n) is 18.4. The largest absolute Gasteiger partial charge is 0.508 e. The third-order valence-corrected chi connectivity index (χ3v) is 4.73. The maximum atomic E-state index is 12.7. The Morgan fingerprint density at radius 1 is 1.06 bits per heavy atom. The van der Waals surface area contributed by atoms with Gasteiger partial charge in [-0.15, -0.1) is 0 Å². The molecule has 0 aliphatic rings. The van der Waals surface area contributed by atoms with Gasteiger partial charge in [-0.3, -0.25) is 9.36 Å². The molecule has 0 radical (unpaired) electrons. The minimum atomic E-state index is -0.987. The second-order valence-corrected chi connectivity index (χ2v) is 8.32. The fourth-order valence-electron chi connectivity index (χ4n) is 3.28. The minimum Gasteiger partial charge on any atom is -0.508 e. The summed E-state index contributed by atoms with van der Waals surface area (Å²) in [5.41, 5.74) is 0.918. The summed E-state index contributed by atoms with van der Waals surface area (Å²) in [5, 5.41) is 12.8. The summed E-state index contributed by atoms with van der Waals surface area (Å²) in [6.07, 6.45) is 1.18. The molecule has 3 rings (SSSR count). The summed E-state index contributed by atoms with van der Waals surface area (Å²) < 4.78 is 11.8. The maximum absolute atomic E-state index is 12.7. The van der Waals surface area contributed by atoms with Crippen molar-refractivity contribution in [2.45, 2.75) is 38.8 Å². The molecule has 168 valence electrons. The number of methoxy groups -OCH3 is 1. The Kier molecular flexibility index (Phi) is 6.53. The number of nitrogens with zero attached hydrogens (tertiary/aromatic N) is 1.